The van der Waals surface area contributed by atoms with Crippen LogP contribution in [0.2, 0.25) is 0 Å². The summed E-state index contributed by atoms with van der Waals surface area (Å²) in [4.78, 5) is 10.3. The van der Waals surface area contributed by atoms with Crippen LogP contribution in [0.5, 0.6) is 5.75 Å². The number of nitrogens with zero attached hydrogens (tertiary/aromatic N) is 1. The Morgan fingerprint density at radius 2 is 2.00 bits per heavy atom. The van der Waals surface area contributed by atoms with E-state index >= 15 is 0 Å². The zero-order valence-corrected chi connectivity index (χ0v) is 9.28. The van der Waals surface area contributed by atoms with E-state index < -0.39 is 4.92 Å². The van der Waals surface area contributed by atoms with E-state index in [1.54, 1.807) is 18.2 Å². The van der Waals surface area contributed by atoms with Gasteiger partial charge in [-0.15, -0.1) is 0 Å². The zero-order chi connectivity index (χ0) is 12.4. The first-order chi connectivity index (χ1) is 8.08. The number of ether oxygens (including phenoxy) is 1. The summed E-state index contributed by atoms with van der Waals surface area (Å²) in [6.45, 7) is 0. The molecule has 4 N–H and O–H groups in total. The first kappa shape index (κ1) is 11.8. The third-order valence-electron chi connectivity index (χ3n) is 2.93. The van der Waals surface area contributed by atoms with Crippen molar-refractivity contribution in [3.05, 3.63) is 34.4 Å². The van der Waals surface area contributed by atoms with Crippen molar-refractivity contribution in [1.29, 1.82) is 0 Å². The standard InChI is InChI=1S/C11H15N3O3/c12-7-5-8(13)11(6-7)17-10-4-2-1-3-9(10)14(15)16/h1-4,7-8,11H,5-6,12-13H2/t7-,8+,11+/m1/s1. The molecule has 6 heteroatoms. The van der Waals surface area contributed by atoms with Crippen molar-refractivity contribution in [2.75, 3.05) is 0 Å². The maximum atomic E-state index is 10.8. The number of benzene rings is 1. The van der Waals surface area contributed by atoms with Gasteiger partial charge < -0.3 is 16.2 Å². The normalized spacial score (nSPS) is 28.0. The molecule has 1 aromatic rings. The highest BCUT2D eigenvalue weighted by molar-refractivity contribution is 5.45. The highest BCUT2D eigenvalue weighted by atomic mass is 16.6. The summed E-state index contributed by atoms with van der Waals surface area (Å²) in [7, 11) is 0. The van der Waals surface area contributed by atoms with Gasteiger partial charge in [0.15, 0.2) is 5.75 Å². The van der Waals surface area contributed by atoms with E-state index in [0.29, 0.717) is 12.8 Å². The van der Waals surface area contributed by atoms with Gasteiger partial charge in [-0.25, -0.2) is 0 Å². The van der Waals surface area contributed by atoms with Gasteiger partial charge in [-0.05, 0) is 12.5 Å². The van der Waals surface area contributed by atoms with Crippen molar-refractivity contribution < 1.29 is 9.66 Å². The topological polar surface area (TPSA) is 104 Å². The van der Waals surface area contributed by atoms with Crippen LogP contribution in [0, 0.1) is 10.1 Å². The van der Waals surface area contributed by atoms with E-state index in [2.05, 4.69) is 0 Å². The van der Waals surface area contributed by atoms with E-state index in [-0.39, 0.29) is 29.6 Å². The number of para-hydroxylation sites is 2. The predicted molar refractivity (Wildman–Crippen MR) is 62.7 cm³/mol. The second kappa shape index (κ2) is 4.68. The Morgan fingerprint density at radius 1 is 1.29 bits per heavy atom. The van der Waals surface area contributed by atoms with E-state index in [1.165, 1.54) is 6.07 Å². The number of nitro benzene ring substituents is 1. The van der Waals surface area contributed by atoms with Gasteiger partial charge in [-0.1, -0.05) is 12.1 Å². The lowest BCUT2D eigenvalue weighted by molar-refractivity contribution is -0.386. The molecule has 0 heterocycles. The van der Waals surface area contributed by atoms with Crippen molar-refractivity contribution in [3.8, 4) is 5.75 Å². The molecule has 3 atom stereocenters. The molecule has 1 saturated carbocycles. The smallest absolute Gasteiger partial charge is 0.310 e. The highest BCUT2D eigenvalue weighted by Gasteiger charge is 2.32. The lowest BCUT2D eigenvalue weighted by Gasteiger charge is -2.17. The lowest BCUT2D eigenvalue weighted by Crippen LogP contribution is -2.33. The van der Waals surface area contributed by atoms with Gasteiger partial charge in [0.2, 0.25) is 0 Å². The minimum atomic E-state index is -0.463. The summed E-state index contributed by atoms with van der Waals surface area (Å²) >= 11 is 0. The summed E-state index contributed by atoms with van der Waals surface area (Å²) < 4.78 is 5.60. The summed E-state index contributed by atoms with van der Waals surface area (Å²) in [5.74, 6) is 0.257. The molecule has 0 radical (unpaired) electrons. The molecule has 2 rings (SSSR count). The second-order valence-electron chi connectivity index (χ2n) is 4.28. The second-order valence-corrected chi connectivity index (χ2v) is 4.28. The summed E-state index contributed by atoms with van der Waals surface area (Å²) in [5.41, 5.74) is 11.6. The molecule has 92 valence electrons. The third-order valence-corrected chi connectivity index (χ3v) is 2.93. The fraction of sp³-hybridized carbons (Fsp3) is 0.455. The van der Waals surface area contributed by atoms with E-state index in [0.717, 1.165) is 0 Å². The van der Waals surface area contributed by atoms with Gasteiger partial charge in [-0.3, -0.25) is 10.1 Å². The van der Waals surface area contributed by atoms with E-state index in [9.17, 15) is 10.1 Å². The van der Waals surface area contributed by atoms with Crippen LogP contribution in [0.1, 0.15) is 12.8 Å². The van der Waals surface area contributed by atoms with Crippen molar-refractivity contribution >= 4 is 5.69 Å². The molecule has 6 nitrogen and oxygen atoms in total. The lowest BCUT2D eigenvalue weighted by atomic mass is 10.2. The van der Waals surface area contributed by atoms with Crippen LogP contribution >= 0.6 is 0 Å². The van der Waals surface area contributed by atoms with Crippen molar-refractivity contribution in [2.45, 2.75) is 31.0 Å². The summed E-state index contributed by atoms with van der Waals surface area (Å²) in [6.07, 6.45) is 1.07. The average Bonchev–Trinajstić information content (AvgIpc) is 2.58. The minimum Gasteiger partial charge on any atom is -0.482 e. The van der Waals surface area contributed by atoms with Crippen LogP contribution < -0.4 is 16.2 Å². The SMILES string of the molecule is N[C@H]1C[C@H](Oc2ccccc2[N+](=O)[O-])[C@@H](N)C1. The Morgan fingerprint density at radius 3 is 2.59 bits per heavy atom. The predicted octanol–water partition coefficient (Wildman–Crippen LogP) is 0.791. The molecule has 1 aliphatic rings. The van der Waals surface area contributed by atoms with Crippen LogP contribution in [0.25, 0.3) is 0 Å². The monoisotopic (exact) mass is 237 g/mol. The molecule has 0 saturated heterocycles. The molecule has 0 aromatic heterocycles. The quantitative estimate of drug-likeness (QED) is 0.597. The molecular weight excluding hydrogens is 222 g/mol. The molecule has 0 spiro atoms. The van der Waals surface area contributed by atoms with Crippen LogP contribution in [-0.2, 0) is 0 Å². The van der Waals surface area contributed by atoms with Crippen molar-refractivity contribution in [1.82, 2.24) is 0 Å². The fourth-order valence-electron chi connectivity index (χ4n) is 2.08. The van der Waals surface area contributed by atoms with Gasteiger partial charge in [0.25, 0.3) is 0 Å². The first-order valence-corrected chi connectivity index (χ1v) is 5.49. The number of rotatable bonds is 3. The molecular formula is C11H15N3O3. The fourth-order valence-corrected chi connectivity index (χ4v) is 2.08. The van der Waals surface area contributed by atoms with Crippen LogP contribution in [-0.4, -0.2) is 23.1 Å². The number of nitro groups is 1. The number of nitrogens with two attached hydrogens (primary N) is 2. The molecule has 1 aliphatic carbocycles. The Bertz CT molecular complexity index is 424. The molecule has 0 amide bonds. The Balaban J connectivity index is 2.16. The molecule has 0 bridgehead atoms. The van der Waals surface area contributed by atoms with Gasteiger partial charge in [0.05, 0.1) is 4.92 Å². The number of hydrogen-bond acceptors (Lipinski definition) is 5. The van der Waals surface area contributed by atoms with Crippen molar-refractivity contribution in [2.24, 2.45) is 11.5 Å². The average molecular weight is 237 g/mol. The maximum absolute atomic E-state index is 10.8. The van der Waals surface area contributed by atoms with Crippen LogP contribution in [0.3, 0.4) is 0 Å². The first-order valence-electron chi connectivity index (χ1n) is 5.49. The Labute approximate surface area is 98.7 Å². The zero-order valence-electron chi connectivity index (χ0n) is 9.28. The third kappa shape index (κ3) is 2.54. The van der Waals surface area contributed by atoms with Gasteiger partial charge in [-0.2, -0.15) is 0 Å². The van der Waals surface area contributed by atoms with Crippen LogP contribution in [0.4, 0.5) is 5.69 Å². The minimum absolute atomic E-state index is 0.0118. The van der Waals surface area contributed by atoms with Gasteiger partial charge >= 0.3 is 5.69 Å². The Kier molecular flexibility index (Phi) is 3.26. The largest absolute Gasteiger partial charge is 0.482 e. The summed E-state index contributed by atoms with van der Waals surface area (Å²) in [5, 5.41) is 10.8. The molecule has 0 aliphatic heterocycles. The van der Waals surface area contributed by atoms with E-state index in [4.69, 9.17) is 16.2 Å². The van der Waals surface area contributed by atoms with E-state index in [1.807, 2.05) is 0 Å². The molecule has 0 unspecified atom stereocenters. The molecule has 1 fully saturated rings. The van der Waals surface area contributed by atoms with Crippen molar-refractivity contribution in [3.63, 3.8) is 0 Å². The maximum Gasteiger partial charge on any atom is 0.310 e. The van der Waals surface area contributed by atoms with Gasteiger partial charge in [0.1, 0.15) is 6.10 Å². The molecule has 1 aromatic carbocycles. The van der Waals surface area contributed by atoms with Gasteiger partial charge in [0, 0.05) is 24.6 Å². The molecule has 17 heavy (non-hydrogen) atoms. The Hall–Kier alpha value is -1.66. The van der Waals surface area contributed by atoms with Crippen LogP contribution in [0.15, 0.2) is 24.3 Å². The highest BCUT2D eigenvalue weighted by Crippen LogP contribution is 2.30. The number of hydrogen-bond donors (Lipinski definition) is 2. The summed E-state index contributed by atoms with van der Waals surface area (Å²) in [6, 6.07) is 6.14.